The summed E-state index contributed by atoms with van der Waals surface area (Å²) in [6.07, 6.45) is 0.213. The molecular weight excluding hydrogens is 292 g/mol. The number of aromatic nitrogens is 2. The van der Waals surface area contributed by atoms with E-state index in [9.17, 15) is 4.79 Å². The van der Waals surface area contributed by atoms with Crippen LogP contribution in [0.2, 0.25) is 0 Å². The number of rotatable bonds is 3. The monoisotopic (exact) mass is 312 g/mol. The first-order chi connectivity index (χ1) is 10.8. The van der Waals surface area contributed by atoms with E-state index in [1.165, 1.54) is 7.11 Å². The third-order valence-electron chi connectivity index (χ3n) is 3.45. The van der Waals surface area contributed by atoms with Crippen LogP contribution >= 0.6 is 0 Å². The number of methoxy groups -OCH3 is 1. The zero-order valence-electron chi connectivity index (χ0n) is 13.8. The molecule has 0 saturated carbocycles. The van der Waals surface area contributed by atoms with Crippen molar-refractivity contribution in [2.24, 2.45) is 0 Å². The highest BCUT2D eigenvalue weighted by Crippen LogP contribution is 2.37. The topological polar surface area (TPSA) is 74.5 Å². The van der Waals surface area contributed by atoms with E-state index >= 15 is 0 Å². The lowest BCUT2D eigenvalue weighted by Gasteiger charge is -2.21. The Hall–Kier alpha value is -2.81. The van der Waals surface area contributed by atoms with Crippen molar-refractivity contribution < 1.29 is 9.53 Å². The molecule has 0 aliphatic carbocycles. The SMILES string of the molecule is [C-]#[N+]c1c(-c2ccc(CC(=O)OC)cc2)nn(C(C)(C)C)c1N. The molecule has 6 heteroatoms. The first-order valence-corrected chi connectivity index (χ1v) is 7.20. The van der Waals surface area contributed by atoms with Gasteiger partial charge in [0, 0.05) is 0 Å². The number of benzene rings is 1. The van der Waals surface area contributed by atoms with Gasteiger partial charge in [0.05, 0.1) is 25.6 Å². The van der Waals surface area contributed by atoms with Gasteiger partial charge in [-0.3, -0.25) is 9.48 Å². The van der Waals surface area contributed by atoms with E-state index in [0.29, 0.717) is 17.2 Å². The standard InChI is InChI=1S/C17H20N4O2/c1-17(2,3)21-16(18)15(19-4)14(20-21)12-8-6-11(7-9-12)10-13(22)23-5/h6-9H,10,18H2,1-3,5H3. The van der Waals surface area contributed by atoms with Crippen LogP contribution in [0.3, 0.4) is 0 Å². The minimum absolute atomic E-state index is 0.213. The minimum Gasteiger partial charge on any atom is -0.469 e. The first kappa shape index (κ1) is 16.6. The van der Waals surface area contributed by atoms with Gasteiger partial charge < -0.3 is 10.5 Å². The van der Waals surface area contributed by atoms with Gasteiger partial charge in [0.1, 0.15) is 11.5 Å². The summed E-state index contributed by atoms with van der Waals surface area (Å²) < 4.78 is 6.32. The summed E-state index contributed by atoms with van der Waals surface area (Å²) in [5, 5.41) is 4.52. The second-order valence-electron chi connectivity index (χ2n) is 6.23. The smallest absolute Gasteiger partial charge is 0.309 e. The number of carbonyl (C=O) groups excluding carboxylic acids is 1. The lowest BCUT2D eigenvalue weighted by molar-refractivity contribution is -0.139. The number of nitrogen functional groups attached to an aromatic ring is 1. The van der Waals surface area contributed by atoms with Crippen molar-refractivity contribution in [2.45, 2.75) is 32.7 Å². The number of hydrogen-bond donors (Lipinski definition) is 1. The second kappa shape index (κ2) is 6.13. The first-order valence-electron chi connectivity index (χ1n) is 7.20. The predicted octanol–water partition coefficient (Wildman–Crippen LogP) is 3.15. The van der Waals surface area contributed by atoms with Gasteiger partial charge in [0.15, 0.2) is 0 Å². The summed E-state index contributed by atoms with van der Waals surface area (Å²) in [6, 6.07) is 7.32. The lowest BCUT2D eigenvalue weighted by Crippen LogP contribution is -2.24. The molecule has 0 radical (unpaired) electrons. The van der Waals surface area contributed by atoms with Crippen LogP contribution in [0.15, 0.2) is 24.3 Å². The average molecular weight is 312 g/mol. The Morgan fingerprint density at radius 1 is 1.35 bits per heavy atom. The molecule has 1 heterocycles. The lowest BCUT2D eigenvalue weighted by atomic mass is 10.1. The summed E-state index contributed by atoms with van der Waals surface area (Å²) >= 11 is 0. The van der Waals surface area contributed by atoms with Gasteiger partial charge in [-0.1, -0.05) is 24.3 Å². The summed E-state index contributed by atoms with van der Waals surface area (Å²) in [7, 11) is 1.36. The number of nitrogens with zero attached hydrogens (tertiary/aromatic N) is 3. The van der Waals surface area contributed by atoms with Crippen LogP contribution in [-0.4, -0.2) is 22.9 Å². The second-order valence-corrected chi connectivity index (χ2v) is 6.23. The number of esters is 1. The van der Waals surface area contributed by atoms with E-state index in [4.69, 9.17) is 12.3 Å². The van der Waals surface area contributed by atoms with Crippen LogP contribution in [0.25, 0.3) is 16.1 Å². The molecule has 2 N–H and O–H groups in total. The minimum atomic E-state index is -0.313. The third kappa shape index (κ3) is 3.34. The molecule has 1 aromatic carbocycles. The maximum atomic E-state index is 11.3. The van der Waals surface area contributed by atoms with Crippen LogP contribution in [0, 0.1) is 6.57 Å². The maximum Gasteiger partial charge on any atom is 0.309 e. The molecule has 23 heavy (non-hydrogen) atoms. The Morgan fingerprint density at radius 3 is 2.43 bits per heavy atom. The van der Waals surface area contributed by atoms with Crippen LogP contribution in [-0.2, 0) is 21.5 Å². The van der Waals surface area contributed by atoms with E-state index in [2.05, 4.69) is 14.7 Å². The largest absolute Gasteiger partial charge is 0.469 e. The summed E-state index contributed by atoms with van der Waals surface area (Å²) in [6.45, 7) is 13.3. The Morgan fingerprint density at radius 2 is 1.96 bits per heavy atom. The predicted molar refractivity (Wildman–Crippen MR) is 89.1 cm³/mol. The molecule has 0 unspecified atom stereocenters. The molecule has 2 aromatic rings. The summed E-state index contributed by atoms with van der Waals surface area (Å²) in [5.74, 6) is 0.0713. The van der Waals surface area contributed by atoms with Gasteiger partial charge >= 0.3 is 5.97 Å². The molecule has 0 spiro atoms. The van der Waals surface area contributed by atoms with Crippen LogP contribution in [0.1, 0.15) is 26.3 Å². The van der Waals surface area contributed by atoms with Gasteiger partial charge in [-0.15, -0.1) is 0 Å². The Balaban J connectivity index is 2.43. The third-order valence-corrected chi connectivity index (χ3v) is 3.45. The van der Waals surface area contributed by atoms with E-state index in [1.54, 1.807) is 4.68 Å². The normalized spacial score (nSPS) is 11.1. The van der Waals surface area contributed by atoms with E-state index in [-0.39, 0.29) is 17.9 Å². The van der Waals surface area contributed by atoms with Crippen molar-refractivity contribution in [1.82, 2.24) is 9.78 Å². The van der Waals surface area contributed by atoms with Crippen molar-refractivity contribution >= 4 is 17.5 Å². The Labute approximate surface area is 135 Å². The zero-order valence-corrected chi connectivity index (χ0v) is 13.8. The molecular formula is C17H20N4O2. The number of ether oxygens (including phenoxy) is 1. The van der Waals surface area contributed by atoms with Gasteiger partial charge in [-0.05, 0) is 31.9 Å². The fraction of sp³-hybridized carbons (Fsp3) is 0.353. The molecule has 0 atom stereocenters. The quantitative estimate of drug-likeness (QED) is 0.698. The van der Waals surface area contributed by atoms with Gasteiger partial charge in [0.2, 0.25) is 0 Å². The van der Waals surface area contributed by atoms with Crippen LogP contribution < -0.4 is 5.73 Å². The zero-order chi connectivity index (χ0) is 17.2. The highest BCUT2D eigenvalue weighted by Gasteiger charge is 2.24. The van der Waals surface area contributed by atoms with Crippen molar-refractivity contribution in [1.29, 1.82) is 0 Å². The Kier molecular flexibility index (Phi) is 4.41. The van der Waals surface area contributed by atoms with E-state index < -0.39 is 0 Å². The van der Waals surface area contributed by atoms with Crippen molar-refractivity contribution in [3.63, 3.8) is 0 Å². The van der Waals surface area contributed by atoms with Gasteiger partial charge in [-0.2, -0.15) is 5.10 Å². The number of anilines is 1. The van der Waals surface area contributed by atoms with Crippen molar-refractivity contribution in [3.05, 3.63) is 41.2 Å². The molecule has 0 fully saturated rings. The van der Waals surface area contributed by atoms with Crippen molar-refractivity contribution in [2.75, 3.05) is 12.8 Å². The molecule has 6 nitrogen and oxygen atoms in total. The molecule has 2 rings (SSSR count). The molecule has 0 amide bonds. The fourth-order valence-electron chi connectivity index (χ4n) is 2.26. The number of nitrogens with two attached hydrogens (primary N) is 1. The van der Waals surface area contributed by atoms with Gasteiger partial charge in [-0.25, -0.2) is 4.85 Å². The van der Waals surface area contributed by atoms with E-state index in [0.717, 1.165) is 11.1 Å². The molecule has 0 aliphatic heterocycles. The highest BCUT2D eigenvalue weighted by molar-refractivity contribution is 5.83. The Bertz CT molecular complexity index is 762. The maximum absolute atomic E-state index is 11.3. The molecule has 0 aliphatic rings. The van der Waals surface area contributed by atoms with Crippen LogP contribution in [0.5, 0.6) is 0 Å². The molecule has 0 bridgehead atoms. The summed E-state index contributed by atoms with van der Waals surface area (Å²) in [4.78, 5) is 14.8. The van der Waals surface area contributed by atoms with Gasteiger partial charge in [0.25, 0.3) is 5.69 Å². The number of carbonyl (C=O) groups is 1. The number of hydrogen-bond acceptors (Lipinski definition) is 4. The molecule has 0 saturated heterocycles. The van der Waals surface area contributed by atoms with Crippen LogP contribution in [0.4, 0.5) is 11.5 Å². The van der Waals surface area contributed by atoms with Crippen molar-refractivity contribution in [3.8, 4) is 11.3 Å². The molecule has 120 valence electrons. The summed E-state index contributed by atoms with van der Waals surface area (Å²) in [5.41, 5.74) is 8.30. The molecule has 1 aromatic heterocycles. The fourth-order valence-corrected chi connectivity index (χ4v) is 2.26. The highest BCUT2D eigenvalue weighted by atomic mass is 16.5. The average Bonchev–Trinajstić information content (AvgIpc) is 2.84. The van der Waals surface area contributed by atoms with E-state index in [1.807, 2.05) is 45.0 Å².